The largest absolute Gasteiger partial charge is 0.493 e. The molecule has 0 aliphatic rings. The van der Waals surface area contributed by atoms with Gasteiger partial charge in [-0.1, -0.05) is 18.2 Å². The molecule has 1 amide bonds. The van der Waals surface area contributed by atoms with E-state index in [1.54, 1.807) is 0 Å². The number of para-hydroxylation sites is 1. The van der Waals surface area contributed by atoms with E-state index in [-0.39, 0.29) is 6.42 Å². The highest BCUT2D eigenvalue weighted by atomic mass is 19.3. The van der Waals surface area contributed by atoms with Crippen LogP contribution in [0.25, 0.3) is 0 Å². The van der Waals surface area contributed by atoms with Gasteiger partial charge in [-0.2, -0.15) is 0 Å². The summed E-state index contributed by atoms with van der Waals surface area (Å²) in [5.41, 5.74) is 1.000. The van der Waals surface area contributed by atoms with Gasteiger partial charge in [-0.05, 0) is 25.0 Å². The number of rotatable bonds is 8. The fourth-order valence-electron chi connectivity index (χ4n) is 1.51. The van der Waals surface area contributed by atoms with Gasteiger partial charge in [-0.25, -0.2) is 8.78 Å². The molecule has 112 valence electrons. The Balaban J connectivity index is 2.18. The van der Waals surface area contributed by atoms with Crippen LogP contribution >= 0.6 is 0 Å². The van der Waals surface area contributed by atoms with Crippen molar-refractivity contribution in [3.63, 3.8) is 0 Å². The van der Waals surface area contributed by atoms with Crippen LogP contribution in [0, 0.1) is 6.92 Å². The van der Waals surface area contributed by atoms with Crippen molar-refractivity contribution in [1.82, 2.24) is 5.32 Å². The Kier molecular flexibility index (Phi) is 6.38. The lowest BCUT2D eigenvalue weighted by Gasteiger charge is -2.14. The summed E-state index contributed by atoms with van der Waals surface area (Å²) in [6, 6.07) is 7.50. The Hall–Kier alpha value is -1.69. The third kappa shape index (κ3) is 5.97. The molecular formula is C14H19F2NO3. The number of ether oxygens (including phenoxy) is 1. The van der Waals surface area contributed by atoms with Crippen molar-refractivity contribution < 1.29 is 23.4 Å². The topological polar surface area (TPSA) is 58.6 Å². The number of hydrogen-bond acceptors (Lipinski definition) is 3. The molecule has 2 N–H and O–H groups in total. The number of halogens is 2. The Labute approximate surface area is 116 Å². The van der Waals surface area contributed by atoms with Gasteiger partial charge in [-0.3, -0.25) is 4.79 Å². The van der Waals surface area contributed by atoms with Gasteiger partial charge in [0.25, 0.3) is 5.92 Å². The number of alkyl halides is 2. The van der Waals surface area contributed by atoms with Gasteiger partial charge in [-0.15, -0.1) is 0 Å². The average molecular weight is 287 g/mol. The lowest BCUT2D eigenvalue weighted by atomic mass is 10.2. The van der Waals surface area contributed by atoms with Crippen LogP contribution in [-0.4, -0.2) is 36.7 Å². The first kappa shape index (κ1) is 16.4. The molecule has 0 radical (unpaired) electrons. The van der Waals surface area contributed by atoms with E-state index in [0.29, 0.717) is 13.0 Å². The van der Waals surface area contributed by atoms with E-state index in [1.807, 2.05) is 31.2 Å². The number of carbonyl (C=O) groups is 1. The molecule has 4 nitrogen and oxygen atoms in total. The fourth-order valence-corrected chi connectivity index (χ4v) is 1.51. The predicted octanol–water partition coefficient (Wildman–Crippen LogP) is 1.90. The second kappa shape index (κ2) is 7.79. The van der Waals surface area contributed by atoms with Crippen LogP contribution in [0.1, 0.15) is 18.4 Å². The lowest BCUT2D eigenvalue weighted by molar-refractivity contribution is -0.124. The maximum Gasteiger partial charge on any atom is 0.287 e. The molecule has 0 aliphatic carbocycles. The minimum Gasteiger partial charge on any atom is -0.493 e. The van der Waals surface area contributed by atoms with Crippen molar-refractivity contribution in [2.75, 3.05) is 19.8 Å². The summed E-state index contributed by atoms with van der Waals surface area (Å²) in [4.78, 5) is 11.3. The van der Waals surface area contributed by atoms with Crippen LogP contribution in [0.15, 0.2) is 24.3 Å². The number of aliphatic hydroxyl groups excluding tert-OH is 1. The number of carbonyl (C=O) groups excluding carboxylic acids is 1. The van der Waals surface area contributed by atoms with Gasteiger partial charge < -0.3 is 15.2 Å². The van der Waals surface area contributed by atoms with Crippen molar-refractivity contribution >= 4 is 5.91 Å². The van der Waals surface area contributed by atoms with Gasteiger partial charge in [0.15, 0.2) is 0 Å². The third-order valence-corrected chi connectivity index (χ3v) is 2.67. The van der Waals surface area contributed by atoms with Gasteiger partial charge in [0.2, 0.25) is 5.91 Å². The molecule has 0 saturated heterocycles. The molecule has 20 heavy (non-hydrogen) atoms. The average Bonchev–Trinajstić information content (AvgIpc) is 2.43. The minimum atomic E-state index is -3.27. The number of aryl methyl sites for hydroxylation is 1. The first-order valence-electron chi connectivity index (χ1n) is 6.38. The van der Waals surface area contributed by atoms with E-state index in [1.165, 1.54) is 0 Å². The third-order valence-electron chi connectivity index (χ3n) is 2.67. The zero-order valence-corrected chi connectivity index (χ0v) is 11.4. The van der Waals surface area contributed by atoms with Gasteiger partial charge in [0.1, 0.15) is 12.4 Å². The van der Waals surface area contributed by atoms with Crippen LogP contribution in [0.4, 0.5) is 8.78 Å². The maximum absolute atomic E-state index is 12.7. The summed E-state index contributed by atoms with van der Waals surface area (Å²) in [5, 5.41) is 10.4. The van der Waals surface area contributed by atoms with Gasteiger partial charge in [0.05, 0.1) is 13.2 Å². The maximum atomic E-state index is 12.7. The Morgan fingerprint density at radius 3 is 2.75 bits per heavy atom. The summed E-state index contributed by atoms with van der Waals surface area (Å²) < 4.78 is 30.8. The Bertz CT molecular complexity index is 438. The molecule has 1 aromatic carbocycles. The van der Waals surface area contributed by atoms with Crippen LogP contribution in [0.3, 0.4) is 0 Å². The predicted molar refractivity (Wildman–Crippen MR) is 71.0 cm³/mol. The van der Waals surface area contributed by atoms with Crippen LogP contribution < -0.4 is 10.1 Å². The molecule has 0 bridgehead atoms. The summed E-state index contributed by atoms with van der Waals surface area (Å²) in [6.45, 7) is 0.137. The van der Waals surface area contributed by atoms with E-state index < -0.39 is 25.0 Å². The van der Waals surface area contributed by atoms with Crippen molar-refractivity contribution in [2.45, 2.75) is 25.7 Å². The summed E-state index contributed by atoms with van der Waals surface area (Å²) in [7, 11) is 0. The molecule has 0 unspecified atom stereocenters. The molecule has 1 aromatic rings. The second-order valence-electron chi connectivity index (χ2n) is 4.51. The van der Waals surface area contributed by atoms with Gasteiger partial charge in [0, 0.05) is 6.42 Å². The van der Waals surface area contributed by atoms with Crippen LogP contribution in [-0.2, 0) is 4.79 Å². The normalized spacial score (nSPS) is 11.2. The SMILES string of the molecule is Cc1ccccc1OCCCC(=O)NCC(F)(F)CO. The molecule has 1 rings (SSSR count). The van der Waals surface area contributed by atoms with Crippen LogP contribution in [0.2, 0.25) is 0 Å². The molecule has 0 atom stereocenters. The number of nitrogens with one attached hydrogen (secondary N) is 1. The van der Waals surface area contributed by atoms with Crippen molar-refractivity contribution in [2.24, 2.45) is 0 Å². The fraction of sp³-hybridized carbons (Fsp3) is 0.500. The van der Waals surface area contributed by atoms with E-state index in [9.17, 15) is 13.6 Å². The molecule has 0 saturated carbocycles. The zero-order chi connectivity index (χ0) is 15.0. The molecule has 0 aliphatic heterocycles. The molecule has 0 heterocycles. The Morgan fingerprint density at radius 1 is 1.40 bits per heavy atom. The molecule has 0 spiro atoms. The highest BCUT2D eigenvalue weighted by molar-refractivity contribution is 5.75. The minimum absolute atomic E-state index is 0.105. The van der Waals surface area contributed by atoms with Crippen LogP contribution in [0.5, 0.6) is 5.75 Å². The van der Waals surface area contributed by atoms with Crippen molar-refractivity contribution in [3.8, 4) is 5.75 Å². The highest BCUT2D eigenvalue weighted by Gasteiger charge is 2.27. The number of aliphatic hydroxyl groups is 1. The number of hydrogen-bond donors (Lipinski definition) is 2. The standard InChI is InChI=1S/C14H19F2NO3/c1-11-5-2-3-6-12(11)20-8-4-7-13(19)17-9-14(15,16)10-18/h2-3,5-6,18H,4,7-10H2,1H3,(H,17,19). The zero-order valence-electron chi connectivity index (χ0n) is 11.4. The van der Waals surface area contributed by atoms with E-state index in [4.69, 9.17) is 9.84 Å². The highest BCUT2D eigenvalue weighted by Crippen LogP contribution is 2.16. The van der Waals surface area contributed by atoms with E-state index >= 15 is 0 Å². The molecule has 6 heteroatoms. The molecule has 0 aromatic heterocycles. The molecular weight excluding hydrogens is 268 g/mol. The summed E-state index contributed by atoms with van der Waals surface area (Å²) in [5.74, 6) is -3.00. The monoisotopic (exact) mass is 287 g/mol. The second-order valence-corrected chi connectivity index (χ2v) is 4.51. The first-order valence-corrected chi connectivity index (χ1v) is 6.38. The smallest absolute Gasteiger partial charge is 0.287 e. The van der Waals surface area contributed by atoms with Crippen molar-refractivity contribution in [1.29, 1.82) is 0 Å². The first-order chi connectivity index (χ1) is 9.44. The summed E-state index contributed by atoms with van der Waals surface area (Å²) >= 11 is 0. The Morgan fingerprint density at radius 2 is 2.10 bits per heavy atom. The summed E-state index contributed by atoms with van der Waals surface area (Å²) in [6.07, 6.45) is 0.540. The van der Waals surface area contributed by atoms with E-state index in [0.717, 1.165) is 11.3 Å². The van der Waals surface area contributed by atoms with Gasteiger partial charge >= 0.3 is 0 Å². The quantitative estimate of drug-likeness (QED) is 0.718. The number of benzene rings is 1. The molecule has 0 fully saturated rings. The lowest BCUT2D eigenvalue weighted by Crippen LogP contribution is -2.38. The van der Waals surface area contributed by atoms with E-state index in [2.05, 4.69) is 5.32 Å². The van der Waals surface area contributed by atoms with Crippen molar-refractivity contribution in [3.05, 3.63) is 29.8 Å². The number of amides is 1.